The van der Waals surface area contributed by atoms with Crippen LogP contribution in [-0.2, 0) is 0 Å². The molecule has 0 saturated heterocycles. The Morgan fingerprint density at radius 1 is 1.19 bits per heavy atom. The number of carbonyl (C=O) groups excluding carboxylic acids is 1. The van der Waals surface area contributed by atoms with Gasteiger partial charge >= 0.3 is 0 Å². The van der Waals surface area contributed by atoms with Crippen molar-refractivity contribution >= 4 is 44.9 Å². The van der Waals surface area contributed by atoms with Gasteiger partial charge in [0, 0.05) is 16.0 Å². The standard InChI is InChI=1S/C24H19ClN2O4S/c1-4-30-16-8-9-17-18(11-16)31-22-19(21(17)28)20(14-6-5-7-15(25)10-14)27(23(22)29)24-26-12(2)13(3)32-24/h5-11,20H,4H2,1-3H3. The van der Waals surface area contributed by atoms with Crippen molar-refractivity contribution in [3.8, 4) is 5.75 Å². The van der Waals surface area contributed by atoms with Crippen LogP contribution in [0.15, 0.2) is 51.7 Å². The summed E-state index contributed by atoms with van der Waals surface area (Å²) in [5.74, 6) is 0.189. The van der Waals surface area contributed by atoms with Gasteiger partial charge < -0.3 is 9.15 Å². The maximum atomic E-state index is 13.6. The zero-order chi connectivity index (χ0) is 22.6. The van der Waals surface area contributed by atoms with Crippen LogP contribution in [0.5, 0.6) is 5.75 Å². The van der Waals surface area contributed by atoms with Crippen molar-refractivity contribution in [2.45, 2.75) is 26.8 Å². The highest BCUT2D eigenvalue weighted by Gasteiger charge is 2.45. The van der Waals surface area contributed by atoms with Crippen molar-refractivity contribution in [3.05, 3.63) is 85.2 Å². The van der Waals surface area contributed by atoms with E-state index in [1.165, 1.54) is 16.2 Å². The number of benzene rings is 2. The number of hydrogen-bond acceptors (Lipinski definition) is 6. The Bertz CT molecular complexity index is 1420. The summed E-state index contributed by atoms with van der Waals surface area (Å²) in [5.41, 5.74) is 1.90. The van der Waals surface area contributed by atoms with E-state index < -0.39 is 11.9 Å². The molecule has 162 valence electrons. The fourth-order valence-corrected chi connectivity index (χ4v) is 5.09. The molecule has 0 N–H and O–H groups in total. The van der Waals surface area contributed by atoms with Gasteiger partial charge in [-0.3, -0.25) is 14.5 Å². The lowest BCUT2D eigenvalue weighted by Gasteiger charge is -2.22. The first-order valence-corrected chi connectivity index (χ1v) is 11.3. The number of aromatic nitrogens is 1. The Morgan fingerprint density at radius 2 is 2.00 bits per heavy atom. The summed E-state index contributed by atoms with van der Waals surface area (Å²) in [6, 6.07) is 11.5. The van der Waals surface area contributed by atoms with Gasteiger partial charge in [-0.15, -0.1) is 11.3 Å². The van der Waals surface area contributed by atoms with Gasteiger partial charge in [-0.25, -0.2) is 4.98 Å². The lowest BCUT2D eigenvalue weighted by molar-refractivity contribution is 0.0971. The minimum Gasteiger partial charge on any atom is -0.494 e. The predicted molar refractivity (Wildman–Crippen MR) is 125 cm³/mol. The van der Waals surface area contributed by atoms with Crippen LogP contribution in [0.4, 0.5) is 5.13 Å². The van der Waals surface area contributed by atoms with Gasteiger partial charge in [-0.2, -0.15) is 0 Å². The fraction of sp³-hybridized carbons (Fsp3) is 0.208. The van der Waals surface area contributed by atoms with Gasteiger partial charge in [0.2, 0.25) is 5.76 Å². The van der Waals surface area contributed by atoms with E-state index in [1.807, 2.05) is 26.8 Å². The molecule has 1 atom stereocenters. The number of halogens is 1. The SMILES string of the molecule is CCOc1ccc2c(=O)c3c(oc2c1)C(=O)N(c1nc(C)c(C)s1)C3c1cccc(Cl)c1. The molecule has 1 aliphatic rings. The first kappa shape index (κ1) is 20.7. The number of nitrogens with zero attached hydrogens (tertiary/aromatic N) is 2. The third-order valence-corrected chi connectivity index (χ3v) is 6.85. The van der Waals surface area contributed by atoms with E-state index >= 15 is 0 Å². The summed E-state index contributed by atoms with van der Waals surface area (Å²) in [5, 5.41) is 1.42. The van der Waals surface area contributed by atoms with Crippen LogP contribution in [0.2, 0.25) is 5.02 Å². The monoisotopic (exact) mass is 466 g/mol. The number of ether oxygens (including phenoxy) is 1. The minimum absolute atomic E-state index is 0.0200. The number of thiazole rings is 1. The van der Waals surface area contributed by atoms with E-state index in [4.69, 9.17) is 20.8 Å². The maximum Gasteiger partial charge on any atom is 0.297 e. The molecule has 0 saturated carbocycles. The molecule has 0 spiro atoms. The summed E-state index contributed by atoms with van der Waals surface area (Å²) >= 11 is 7.66. The normalized spacial score (nSPS) is 15.4. The Balaban J connectivity index is 1.79. The maximum absolute atomic E-state index is 13.6. The van der Waals surface area contributed by atoms with Crippen LogP contribution in [0.25, 0.3) is 11.0 Å². The predicted octanol–water partition coefficient (Wildman–Crippen LogP) is 5.67. The molecule has 6 nitrogen and oxygen atoms in total. The smallest absolute Gasteiger partial charge is 0.297 e. The number of amides is 1. The van der Waals surface area contributed by atoms with Crippen LogP contribution in [-0.4, -0.2) is 17.5 Å². The van der Waals surface area contributed by atoms with Crippen molar-refractivity contribution in [1.29, 1.82) is 0 Å². The summed E-state index contributed by atoms with van der Waals surface area (Å²) in [6.07, 6.45) is 0. The van der Waals surface area contributed by atoms with Crippen LogP contribution in [0.3, 0.4) is 0 Å². The highest BCUT2D eigenvalue weighted by atomic mass is 35.5. The molecule has 3 heterocycles. The van der Waals surface area contributed by atoms with Crippen molar-refractivity contribution in [2.75, 3.05) is 11.5 Å². The molecule has 2 aromatic heterocycles. The van der Waals surface area contributed by atoms with E-state index in [0.29, 0.717) is 44.6 Å². The number of fused-ring (bicyclic) bond motifs is 2. The number of rotatable bonds is 4. The lowest BCUT2D eigenvalue weighted by atomic mass is 9.99. The lowest BCUT2D eigenvalue weighted by Crippen LogP contribution is -2.29. The van der Waals surface area contributed by atoms with Gasteiger partial charge in [0.05, 0.1) is 29.3 Å². The largest absolute Gasteiger partial charge is 0.494 e. The van der Waals surface area contributed by atoms with Gasteiger partial charge in [0.15, 0.2) is 10.6 Å². The molecule has 1 amide bonds. The van der Waals surface area contributed by atoms with E-state index in [9.17, 15) is 9.59 Å². The molecular weight excluding hydrogens is 448 g/mol. The number of aryl methyl sites for hydroxylation is 2. The number of carbonyl (C=O) groups is 1. The molecule has 8 heteroatoms. The summed E-state index contributed by atoms with van der Waals surface area (Å²) in [4.78, 5) is 34.3. The van der Waals surface area contributed by atoms with Crippen molar-refractivity contribution in [3.63, 3.8) is 0 Å². The Labute approximate surface area is 193 Å². The second-order valence-corrected chi connectivity index (χ2v) is 9.15. The van der Waals surface area contributed by atoms with Gasteiger partial charge in [-0.1, -0.05) is 23.7 Å². The molecule has 0 bridgehead atoms. The second-order valence-electron chi connectivity index (χ2n) is 7.54. The number of anilines is 1. The molecule has 1 unspecified atom stereocenters. The van der Waals surface area contributed by atoms with E-state index in [2.05, 4.69) is 4.98 Å². The van der Waals surface area contributed by atoms with Crippen molar-refractivity contribution in [2.24, 2.45) is 0 Å². The third kappa shape index (κ3) is 3.20. The second kappa shape index (κ2) is 7.76. The quantitative estimate of drug-likeness (QED) is 0.387. The molecule has 0 radical (unpaired) electrons. The Morgan fingerprint density at radius 3 is 2.69 bits per heavy atom. The molecule has 5 rings (SSSR count). The molecular formula is C24H19ClN2O4S. The number of hydrogen-bond donors (Lipinski definition) is 0. The molecule has 4 aromatic rings. The highest BCUT2D eigenvalue weighted by Crippen LogP contribution is 2.43. The Kier molecular flexibility index (Phi) is 5.03. The van der Waals surface area contributed by atoms with Gasteiger partial charge in [0.25, 0.3) is 5.91 Å². The van der Waals surface area contributed by atoms with Crippen LogP contribution < -0.4 is 15.1 Å². The molecule has 0 aliphatic carbocycles. The van der Waals surface area contributed by atoms with Crippen LogP contribution >= 0.6 is 22.9 Å². The highest BCUT2D eigenvalue weighted by molar-refractivity contribution is 7.15. The van der Waals surface area contributed by atoms with Crippen molar-refractivity contribution in [1.82, 2.24) is 4.98 Å². The zero-order valence-corrected chi connectivity index (χ0v) is 19.2. The average molecular weight is 467 g/mol. The van der Waals surface area contributed by atoms with Gasteiger partial charge in [-0.05, 0) is 50.6 Å². The molecule has 1 aliphatic heterocycles. The van der Waals surface area contributed by atoms with Crippen LogP contribution in [0.1, 0.15) is 45.2 Å². The third-order valence-electron chi connectivity index (χ3n) is 5.54. The average Bonchev–Trinajstić information content (AvgIpc) is 3.24. The first-order valence-electron chi connectivity index (χ1n) is 10.2. The molecule has 0 fully saturated rings. The summed E-state index contributed by atoms with van der Waals surface area (Å²) in [6.45, 7) is 6.20. The zero-order valence-electron chi connectivity index (χ0n) is 17.6. The van der Waals surface area contributed by atoms with Crippen LogP contribution in [0, 0.1) is 13.8 Å². The minimum atomic E-state index is -0.687. The summed E-state index contributed by atoms with van der Waals surface area (Å²) < 4.78 is 11.6. The molecule has 32 heavy (non-hydrogen) atoms. The summed E-state index contributed by atoms with van der Waals surface area (Å²) in [7, 11) is 0. The van der Waals surface area contributed by atoms with Gasteiger partial charge in [0.1, 0.15) is 11.3 Å². The fourth-order valence-electron chi connectivity index (χ4n) is 3.96. The van der Waals surface area contributed by atoms with E-state index in [-0.39, 0.29) is 11.2 Å². The van der Waals surface area contributed by atoms with Crippen molar-refractivity contribution < 1.29 is 13.9 Å². The Hall–Kier alpha value is -3.16. The first-order chi connectivity index (χ1) is 15.4. The molecule has 2 aromatic carbocycles. The van der Waals surface area contributed by atoms with E-state index in [0.717, 1.165) is 10.6 Å². The topological polar surface area (TPSA) is 72.6 Å². The van der Waals surface area contributed by atoms with E-state index in [1.54, 1.807) is 36.4 Å².